The van der Waals surface area contributed by atoms with Crippen LogP contribution < -0.4 is 5.32 Å². The standard InChI is InChI=1S/C15H21ClN2O2S/c1-21-15(7-3-2-4-8-15)11-17-10-12-5-6-13(18(19)20)9-14(12)16/h5-6,9,17H,2-4,7-8,10-11H2,1H3. The molecule has 1 aliphatic rings. The maximum absolute atomic E-state index is 10.7. The van der Waals surface area contributed by atoms with Gasteiger partial charge in [-0.25, -0.2) is 0 Å². The molecule has 21 heavy (non-hydrogen) atoms. The molecule has 2 rings (SSSR count). The largest absolute Gasteiger partial charge is 0.311 e. The lowest BCUT2D eigenvalue weighted by Gasteiger charge is -2.36. The maximum atomic E-state index is 10.7. The SMILES string of the molecule is CSC1(CNCc2ccc([N+](=O)[O-])cc2Cl)CCCCC1. The van der Waals surface area contributed by atoms with E-state index in [1.165, 1.54) is 44.2 Å². The number of nitrogens with zero attached hydrogens (tertiary/aromatic N) is 1. The van der Waals surface area contributed by atoms with E-state index in [0.29, 0.717) is 16.3 Å². The number of hydrogen-bond acceptors (Lipinski definition) is 4. The van der Waals surface area contributed by atoms with E-state index in [1.807, 2.05) is 11.8 Å². The van der Waals surface area contributed by atoms with Gasteiger partial charge >= 0.3 is 0 Å². The van der Waals surface area contributed by atoms with Crippen LogP contribution in [0.5, 0.6) is 0 Å². The first kappa shape index (κ1) is 16.6. The quantitative estimate of drug-likeness (QED) is 0.621. The van der Waals surface area contributed by atoms with Gasteiger partial charge in [0.05, 0.1) is 9.95 Å². The molecule has 1 saturated carbocycles. The molecule has 0 radical (unpaired) electrons. The molecule has 0 aliphatic heterocycles. The van der Waals surface area contributed by atoms with Crippen LogP contribution in [0.15, 0.2) is 18.2 Å². The van der Waals surface area contributed by atoms with Crippen LogP contribution in [0, 0.1) is 10.1 Å². The molecule has 1 fully saturated rings. The van der Waals surface area contributed by atoms with Crippen LogP contribution in [-0.2, 0) is 6.54 Å². The van der Waals surface area contributed by atoms with Gasteiger partial charge in [0, 0.05) is 30.0 Å². The van der Waals surface area contributed by atoms with Crippen molar-refractivity contribution in [1.29, 1.82) is 0 Å². The van der Waals surface area contributed by atoms with Gasteiger partial charge in [0.25, 0.3) is 5.69 Å². The Kier molecular flexibility index (Phi) is 5.90. The summed E-state index contributed by atoms with van der Waals surface area (Å²) < 4.78 is 0.339. The lowest BCUT2D eigenvalue weighted by Crippen LogP contribution is -2.39. The van der Waals surface area contributed by atoms with Crippen molar-refractivity contribution < 1.29 is 4.92 Å². The smallest absolute Gasteiger partial charge is 0.270 e. The summed E-state index contributed by atoms with van der Waals surface area (Å²) in [5.41, 5.74) is 0.950. The molecule has 0 spiro atoms. The average molecular weight is 329 g/mol. The fourth-order valence-corrected chi connectivity index (χ4v) is 4.05. The molecular weight excluding hydrogens is 308 g/mol. The minimum absolute atomic E-state index is 0.0385. The van der Waals surface area contributed by atoms with Gasteiger partial charge in [-0.1, -0.05) is 30.9 Å². The monoisotopic (exact) mass is 328 g/mol. The second-order valence-corrected chi connectivity index (χ2v) is 7.27. The van der Waals surface area contributed by atoms with Gasteiger partial charge in [-0.2, -0.15) is 11.8 Å². The van der Waals surface area contributed by atoms with Gasteiger partial charge in [-0.3, -0.25) is 10.1 Å². The molecule has 0 saturated heterocycles. The van der Waals surface area contributed by atoms with Crippen molar-refractivity contribution in [2.75, 3.05) is 12.8 Å². The van der Waals surface area contributed by atoms with Crippen LogP contribution in [0.1, 0.15) is 37.7 Å². The van der Waals surface area contributed by atoms with Crippen molar-refractivity contribution in [2.24, 2.45) is 0 Å². The second-order valence-electron chi connectivity index (χ2n) is 5.58. The summed E-state index contributed by atoms with van der Waals surface area (Å²) >= 11 is 8.07. The van der Waals surface area contributed by atoms with Crippen LogP contribution in [0.3, 0.4) is 0 Å². The number of thioether (sulfide) groups is 1. The highest BCUT2D eigenvalue weighted by atomic mass is 35.5. The highest BCUT2D eigenvalue weighted by Gasteiger charge is 2.30. The van der Waals surface area contributed by atoms with E-state index in [4.69, 9.17) is 11.6 Å². The predicted molar refractivity (Wildman–Crippen MR) is 89.1 cm³/mol. The zero-order chi connectivity index (χ0) is 15.3. The normalized spacial score (nSPS) is 17.6. The molecule has 0 atom stereocenters. The van der Waals surface area contributed by atoms with Crippen molar-refractivity contribution in [3.05, 3.63) is 38.9 Å². The summed E-state index contributed by atoms with van der Waals surface area (Å²) in [6.07, 6.45) is 8.66. The molecule has 0 aromatic heterocycles. The highest BCUT2D eigenvalue weighted by molar-refractivity contribution is 8.00. The second kappa shape index (κ2) is 7.47. The van der Waals surface area contributed by atoms with Crippen LogP contribution in [0.25, 0.3) is 0 Å². The molecule has 6 heteroatoms. The number of nitrogens with one attached hydrogen (secondary N) is 1. The molecule has 0 bridgehead atoms. The molecule has 116 valence electrons. The summed E-state index contributed by atoms with van der Waals surface area (Å²) in [5, 5.41) is 14.6. The lowest BCUT2D eigenvalue weighted by molar-refractivity contribution is -0.384. The fraction of sp³-hybridized carbons (Fsp3) is 0.600. The first-order chi connectivity index (χ1) is 10.1. The molecule has 0 amide bonds. The van der Waals surface area contributed by atoms with Crippen molar-refractivity contribution in [2.45, 2.75) is 43.4 Å². The molecule has 0 heterocycles. The molecule has 4 nitrogen and oxygen atoms in total. The van der Waals surface area contributed by atoms with Crippen molar-refractivity contribution in [1.82, 2.24) is 5.32 Å². The topological polar surface area (TPSA) is 55.2 Å². The number of non-ortho nitro benzene ring substituents is 1. The molecular formula is C15H21ClN2O2S. The first-order valence-corrected chi connectivity index (χ1v) is 8.85. The van der Waals surface area contributed by atoms with E-state index < -0.39 is 4.92 Å². The van der Waals surface area contributed by atoms with E-state index >= 15 is 0 Å². The van der Waals surface area contributed by atoms with Gasteiger partial charge in [-0.05, 0) is 30.7 Å². The van der Waals surface area contributed by atoms with E-state index in [0.717, 1.165) is 12.1 Å². The Morgan fingerprint density at radius 1 is 1.38 bits per heavy atom. The number of hydrogen-bond donors (Lipinski definition) is 1. The van der Waals surface area contributed by atoms with E-state index in [1.54, 1.807) is 6.07 Å². The van der Waals surface area contributed by atoms with Crippen molar-refractivity contribution in [3.63, 3.8) is 0 Å². The molecule has 1 aliphatic carbocycles. The predicted octanol–water partition coefficient (Wildman–Crippen LogP) is 4.40. The molecule has 0 unspecified atom stereocenters. The van der Waals surface area contributed by atoms with Crippen LogP contribution >= 0.6 is 23.4 Å². The zero-order valence-corrected chi connectivity index (χ0v) is 13.8. The Morgan fingerprint density at radius 2 is 2.10 bits per heavy atom. The Morgan fingerprint density at radius 3 is 2.67 bits per heavy atom. The minimum atomic E-state index is -0.423. The Balaban J connectivity index is 1.92. The molecule has 1 N–H and O–H groups in total. The number of nitro groups is 1. The Bertz CT molecular complexity index is 504. The number of benzene rings is 1. The van der Waals surface area contributed by atoms with Gasteiger partial charge in [0.15, 0.2) is 0 Å². The number of halogens is 1. The van der Waals surface area contributed by atoms with Crippen LogP contribution in [0.4, 0.5) is 5.69 Å². The molecule has 1 aromatic carbocycles. The van der Waals surface area contributed by atoms with Gasteiger partial charge in [0.2, 0.25) is 0 Å². The molecule has 1 aromatic rings. The van der Waals surface area contributed by atoms with Gasteiger partial charge < -0.3 is 5.32 Å². The third-order valence-corrected chi connectivity index (χ3v) is 5.98. The summed E-state index contributed by atoms with van der Waals surface area (Å²) in [6, 6.07) is 4.66. The van der Waals surface area contributed by atoms with Crippen LogP contribution in [0.2, 0.25) is 5.02 Å². The minimum Gasteiger partial charge on any atom is -0.311 e. The summed E-state index contributed by atoms with van der Waals surface area (Å²) in [6.45, 7) is 1.61. The zero-order valence-electron chi connectivity index (χ0n) is 12.2. The van der Waals surface area contributed by atoms with E-state index in [-0.39, 0.29) is 5.69 Å². The van der Waals surface area contributed by atoms with E-state index in [2.05, 4.69) is 11.6 Å². The highest BCUT2D eigenvalue weighted by Crippen LogP contribution is 2.38. The fourth-order valence-electron chi connectivity index (χ4n) is 2.87. The van der Waals surface area contributed by atoms with Gasteiger partial charge in [-0.15, -0.1) is 0 Å². The van der Waals surface area contributed by atoms with Crippen LogP contribution in [-0.4, -0.2) is 22.5 Å². The number of nitro benzene ring substituents is 1. The number of rotatable bonds is 6. The lowest BCUT2D eigenvalue weighted by atomic mass is 9.88. The summed E-state index contributed by atoms with van der Waals surface area (Å²) in [7, 11) is 0. The van der Waals surface area contributed by atoms with E-state index in [9.17, 15) is 10.1 Å². The third-order valence-electron chi connectivity index (χ3n) is 4.21. The Hall–Kier alpha value is -0.780. The summed E-state index contributed by atoms with van der Waals surface area (Å²) in [4.78, 5) is 10.3. The first-order valence-electron chi connectivity index (χ1n) is 7.25. The van der Waals surface area contributed by atoms with Crippen molar-refractivity contribution in [3.8, 4) is 0 Å². The summed E-state index contributed by atoms with van der Waals surface area (Å²) in [5.74, 6) is 0. The average Bonchev–Trinajstić information content (AvgIpc) is 2.49. The van der Waals surface area contributed by atoms with Crippen molar-refractivity contribution >= 4 is 29.1 Å². The Labute approximate surface area is 134 Å². The van der Waals surface area contributed by atoms with Gasteiger partial charge in [0.1, 0.15) is 0 Å². The maximum Gasteiger partial charge on any atom is 0.270 e. The third kappa shape index (κ3) is 4.34.